The van der Waals surface area contributed by atoms with Crippen molar-refractivity contribution in [1.29, 1.82) is 0 Å². The molecule has 0 fully saturated rings. The lowest BCUT2D eigenvalue weighted by atomic mass is 10.1. The standard InChI is InChI=1S/C24H19N3S/c1-4-11-19(12-5-1)13-10-18-25-27-24-26-22(20-14-6-2-7-15-20)23(28-24)21-16-8-3-9-17-21/h1-18H,(H,26,27)/b13-10+,25-18+. The van der Waals surface area contributed by atoms with Crippen molar-refractivity contribution >= 4 is 28.8 Å². The average Bonchev–Trinajstić information content (AvgIpc) is 3.20. The number of hydrogen-bond acceptors (Lipinski definition) is 4. The molecule has 0 aliphatic rings. The number of anilines is 1. The van der Waals surface area contributed by atoms with Crippen LogP contribution in [0.2, 0.25) is 0 Å². The summed E-state index contributed by atoms with van der Waals surface area (Å²) in [6.07, 6.45) is 5.66. The smallest absolute Gasteiger partial charge is 0.204 e. The number of nitrogens with zero attached hydrogens (tertiary/aromatic N) is 2. The van der Waals surface area contributed by atoms with Gasteiger partial charge in [-0.2, -0.15) is 5.10 Å². The first-order chi connectivity index (χ1) is 13.9. The zero-order valence-corrected chi connectivity index (χ0v) is 16.0. The van der Waals surface area contributed by atoms with Crippen molar-refractivity contribution in [2.45, 2.75) is 0 Å². The molecular weight excluding hydrogens is 362 g/mol. The van der Waals surface area contributed by atoms with Crippen LogP contribution in [-0.4, -0.2) is 11.2 Å². The largest absolute Gasteiger partial charge is 0.253 e. The molecule has 4 rings (SSSR count). The van der Waals surface area contributed by atoms with Crippen LogP contribution in [0.1, 0.15) is 5.56 Å². The quantitative estimate of drug-likeness (QED) is 0.302. The molecule has 1 aromatic heterocycles. The van der Waals surface area contributed by atoms with E-state index in [4.69, 9.17) is 4.98 Å². The molecule has 1 N–H and O–H groups in total. The second-order valence-electron chi connectivity index (χ2n) is 6.09. The van der Waals surface area contributed by atoms with Crippen LogP contribution in [0.5, 0.6) is 0 Å². The number of allylic oxidation sites excluding steroid dienone is 1. The summed E-state index contributed by atoms with van der Waals surface area (Å²) in [5, 5.41) is 5.05. The Morgan fingerprint density at radius 2 is 1.36 bits per heavy atom. The van der Waals surface area contributed by atoms with E-state index in [2.05, 4.69) is 46.9 Å². The lowest BCUT2D eigenvalue weighted by molar-refractivity contribution is 1.29. The molecule has 0 bridgehead atoms. The first kappa shape index (κ1) is 17.9. The molecular formula is C24H19N3S. The molecule has 0 aliphatic heterocycles. The van der Waals surface area contributed by atoms with Gasteiger partial charge >= 0.3 is 0 Å². The van der Waals surface area contributed by atoms with E-state index in [-0.39, 0.29) is 0 Å². The Labute approximate surface area is 168 Å². The van der Waals surface area contributed by atoms with Crippen molar-refractivity contribution in [3.63, 3.8) is 0 Å². The van der Waals surface area contributed by atoms with Crippen molar-refractivity contribution in [3.8, 4) is 21.7 Å². The molecule has 0 radical (unpaired) electrons. The predicted octanol–water partition coefficient (Wildman–Crippen LogP) is 6.59. The summed E-state index contributed by atoms with van der Waals surface area (Å²) >= 11 is 1.60. The van der Waals surface area contributed by atoms with Crippen LogP contribution in [0.25, 0.3) is 27.8 Å². The third kappa shape index (κ3) is 4.42. The summed E-state index contributed by atoms with van der Waals surface area (Å²) in [5.74, 6) is 0. The number of hydrogen-bond donors (Lipinski definition) is 1. The van der Waals surface area contributed by atoms with Gasteiger partial charge in [-0.3, -0.25) is 5.43 Å². The molecule has 4 heteroatoms. The van der Waals surface area contributed by atoms with Crippen molar-refractivity contribution < 1.29 is 0 Å². The molecule has 3 aromatic carbocycles. The highest BCUT2D eigenvalue weighted by Crippen LogP contribution is 2.38. The van der Waals surface area contributed by atoms with Crippen molar-refractivity contribution in [2.75, 3.05) is 5.43 Å². The molecule has 4 aromatic rings. The van der Waals surface area contributed by atoms with E-state index in [1.54, 1.807) is 17.6 Å². The van der Waals surface area contributed by atoms with Crippen LogP contribution in [0.3, 0.4) is 0 Å². The van der Waals surface area contributed by atoms with Crippen molar-refractivity contribution in [1.82, 2.24) is 4.98 Å². The van der Waals surface area contributed by atoms with E-state index in [0.29, 0.717) is 0 Å². The normalized spacial score (nSPS) is 11.3. The fourth-order valence-electron chi connectivity index (χ4n) is 2.80. The minimum Gasteiger partial charge on any atom is -0.253 e. The summed E-state index contributed by atoms with van der Waals surface area (Å²) in [6.45, 7) is 0. The van der Waals surface area contributed by atoms with Gasteiger partial charge in [0.25, 0.3) is 0 Å². The minimum atomic E-state index is 0.766. The van der Waals surface area contributed by atoms with Gasteiger partial charge in [-0.1, -0.05) is 108 Å². The van der Waals surface area contributed by atoms with Crippen LogP contribution in [0, 0.1) is 0 Å². The minimum absolute atomic E-state index is 0.766. The lowest BCUT2D eigenvalue weighted by Gasteiger charge is -2.02. The van der Waals surface area contributed by atoms with Crippen LogP contribution in [0.15, 0.2) is 102 Å². The topological polar surface area (TPSA) is 37.3 Å². The summed E-state index contributed by atoms with van der Waals surface area (Å²) in [7, 11) is 0. The number of hydrazone groups is 1. The van der Waals surface area contributed by atoms with E-state index < -0.39 is 0 Å². The highest BCUT2D eigenvalue weighted by molar-refractivity contribution is 7.19. The maximum absolute atomic E-state index is 4.78. The monoisotopic (exact) mass is 381 g/mol. The number of rotatable bonds is 6. The number of aromatic nitrogens is 1. The predicted molar refractivity (Wildman–Crippen MR) is 121 cm³/mol. The average molecular weight is 382 g/mol. The van der Waals surface area contributed by atoms with E-state index in [0.717, 1.165) is 32.4 Å². The van der Waals surface area contributed by atoms with Crippen LogP contribution in [-0.2, 0) is 0 Å². The van der Waals surface area contributed by atoms with Gasteiger partial charge < -0.3 is 0 Å². The Balaban J connectivity index is 1.56. The molecule has 0 saturated heterocycles. The van der Waals surface area contributed by atoms with E-state index in [9.17, 15) is 0 Å². The molecule has 0 atom stereocenters. The van der Waals surface area contributed by atoms with Gasteiger partial charge in [-0.25, -0.2) is 4.98 Å². The van der Waals surface area contributed by atoms with Gasteiger partial charge in [-0.05, 0) is 17.2 Å². The van der Waals surface area contributed by atoms with Gasteiger partial charge in [-0.15, -0.1) is 0 Å². The second kappa shape index (κ2) is 8.93. The van der Waals surface area contributed by atoms with Gasteiger partial charge in [0, 0.05) is 11.8 Å². The fraction of sp³-hybridized carbons (Fsp3) is 0. The molecule has 0 saturated carbocycles. The maximum Gasteiger partial charge on any atom is 0.204 e. The molecule has 136 valence electrons. The fourth-order valence-corrected chi connectivity index (χ4v) is 3.74. The molecule has 0 amide bonds. The van der Waals surface area contributed by atoms with E-state index in [1.807, 2.05) is 66.7 Å². The Kier molecular flexibility index (Phi) is 5.71. The highest BCUT2D eigenvalue weighted by Gasteiger charge is 2.14. The molecule has 0 aliphatic carbocycles. The number of thiazole rings is 1. The van der Waals surface area contributed by atoms with E-state index >= 15 is 0 Å². The van der Waals surface area contributed by atoms with Crippen LogP contribution >= 0.6 is 11.3 Å². The number of benzene rings is 3. The van der Waals surface area contributed by atoms with Crippen LogP contribution in [0.4, 0.5) is 5.13 Å². The maximum atomic E-state index is 4.78. The lowest BCUT2D eigenvalue weighted by Crippen LogP contribution is -1.87. The van der Waals surface area contributed by atoms with Gasteiger partial charge in [0.15, 0.2) is 0 Å². The summed E-state index contributed by atoms with van der Waals surface area (Å²) in [6, 6.07) is 30.7. The van der Waals surface area contributed by atoms with Crippen molar-refractivity contribution in [3.05, 3.63) is 103 Å². The highest BCUT2D eigenvalue weighted by atomic mass is 32.1. The Morgan fingerprint density at radius 1 is 0.750 bits per heavy atom. The molecule has 3 nitrogen and oxygen atoms in total. The molecule has 0 spiro atoms. The van der Waals surface area contributed by atoms with Gasteiger partial charge in [0.2, 0.25) is 5.13 Å². The van der Waals surface area contributed by atoms with E-state index in [1.165, 1.54) is 0 Å². The molecule has 0 unspecified atom stereocenters. The van der Waals surface area contributed by atoms with Crippen molar-refractivity contribution in [2.24, 2.45) is 5.10 Å². The van der Waals surface area contributed by atoms with Gasteiger partial charge in [0.1, 0.15) is 0 Å². The second-order valence-corrected chi connectivity index (χ2v) is 7.09. The van der Waals surface area contributed by atoms with Crippen LogP contribution < -0.4 is 5.43 Å². The first-order valence-electron chi connectivity index (χ1n) is 9.02. The third-order valence-corrected chi connectivity index (χ3v) is 5.13. The zero-order valence-electron chi connectivity index (χ0n) is 15.2. The Hall–Kier alpha value is -3.50. The summed E-state index contributed by atoms with van der Waals surface area (Å²) in [5.41, 5.74) is 7.41. The van der Waals surface area contributed by atoms with Gasteiger partial charge in [0.05, 0.1) is 10.6 Å². The molecule has 28 heavy (non-hydrogen) atoms. The SMILES string of the molecule is C(=C\c1ccccc1)/C=N/Nc1nc(-c2ccccc2)c(-c2ccccc2)s1. The number of nitrogens with one attached hydrogen (secondary N) is 1. The third-order valence-electron chi connectivity index (χ3n) is 4.12. The summed E-state index contributed by atoms with van der Waals surface area (Å²) < 4.78 is 0. The zero-order chi connectivity index (χ0) is 19.0. The molecule has 1 heterocycles. The summed E-state index contributed by atoms with van der Waals surface area (Å²) in [4.78, 5) is 5.91. The Morgan fingerprint density at radius 3 is 2.04 bits per heavy atom. The Bertz CT molecular complexity index is 1010. The first-order valence-corrected chi connectivity index (χ1v) is 9.84.